The number of fused-ring (bicyclic) bond motifs is 1. The highest BCUT2D eigenvalue weighted by Crippen LogP contribution is 2.34. The third-order valence-corrected chi connectivity index (χ3v) is 7.39. The number of non-ortho nitro benzene ring substituents is 1. The summed E-state index contributed by atoms with van der Waals surface area (Å²) in [6.07, 6.45) is 0. The van der Waals surface area contributed by atoms with Crippen LogP contribution >= 0.6 is 0 Å². The zero-order valence-electron chi connectivity index (χ0n) is 20.5. The molecule has 12 heteroatoms. The third-order valence-electron chi connectivity index (χ3n) is 5.67. The predicted molar refractivity (Wildman–Crippen MR) is 137 cm³/mol. The Morgan fingerprint density at radius 1 is 1.03 bits per heavy atom. The van der Waals surface area contributed by atoms with Crippen molar-refractivity contribution in [3.63, 3.8) is 0 Å². The monoisotopic (exact) mass is 538 g/mol. The molecule has 0 aliphatic heterocycles. The van der Waals surface area contributed by atoms with E-state index in [1.807, 2.05) is 0 Å². The Hall–Kier alpha value is -4.71. The summed E-state index contributed by atoms with van der Waals surface area (Å²) in [5.74, 6) is -0.950. The van der Waals surface area contributed by atoms with Crippen LogP contribution in [0.25, 0.3) is 11.0 Å². The van der Waals surface area contributed by atoms with Crippen molar-refractivity contribution in [2.24, 2.45) is 0 Å². The van der Waals surface area contributed by atoms with Gasteiger partial charge < -0.3 is 13.9 Å². The average molecular weight is 539 g/mol. The molecule has 0 saturated heterocycles. The molecule has 0 N–H and O–H groups in total. The van der Waals surface area contributed by atoms with Crippen molar-refractivity contribution in [3.05, 3.63) is 93.7 Å². The lowest BCUT2D eigenvalue weighted by atomic mass is 10.1. The molecule has 0 saturated carbocycles. The van der Waals surface area contributed by atoms with Gasteiger partial charge in [-0.05, 0) is 68.4 Å². The molecule has 1 aromatic heterocycles. The van der Waals surface area contributed by atoms with Gasteiger partial charge in [0.05, 0.1) is 29.2 Å². The number of rotatable bonds is 8. The van der Waals surface area contributed by atoms with Gasteiger partial charge in [-0.1, -0.05) is 0 Å². The normalized spacial score (nSPS) is 11.2. The molecular weight excluding hydrogens is 516 g/mol. The zero-order chi connectivity index (χ0) is 27.6. The fraction of sp³-hybridized carbons (Fsp3) is 0.154. The number of benzene rings is 3. The fourth-order valence-electron chi connectivity index (χ4n) is 3.85. The first-order valence-electron chi connectivity index (χ1n) is 11.3. The van der Waals surface area contributed by atoms with E-state index in [0.717, 1.165) is 12.1 Å². The van der Waals surface area contributed by atoms with Crippen LogP contribution in [0.2, 0.25) is 0 Å². The number of carbonyl (C=O) groups is 2. The second-order valence-corrected chi connectivity index (χ2v) is 9.77. The summed E-state index contributed by atoms with van der Waals surface area (Å²) >= 11 is 0. The molecule has 0 spiro atoms. The lowest BCUT2D eigenvalue weighted by Crippen LogP contribution is -2.37. The van der Waals surface area contributed by atoms with E-state index in [0.29, 0.717) is 15.6 Å². The number of amides is 1. The molecule has 3 aromatic carbocycles. The van der Waals surface area contributed by atoms with Gasteiger partial charge in [0.2, 0.25) is 0 Å². The Morgan fingerprint density at radius 3 is 2.26 bits per heavy atom. The Morgan fingerprint density at radius 2 is 1.68 bits per heavy atom. The van der Waals surface area contributed by atoms with Crippen LogP contribution in [0.1, 0.15) is 33.4 Å². The summed E-state index contributed by atoms with van der Waals surface area (Å²) in [5.41, 5.74) is -0.0579. The molecule has 4 aromatic rings. The minimum absolute atomic E-state index is 0.0805. The highest BCUT2D eigenvalue weighted by Gasteiger charge is 2.33. The Labute approximate surface area is 217 Å². The SMILES string of the molecule is CCOC(=O)c1c(C)oc2ccc(N(C(=O)c3ccc([N+](=O)[O-])cc3)S(=O)(=O)c3ccc(OC)cc3)cc12. The number of hydrogen-bond acceptors (Lipinski definition) is 9. The number of nitro benzene ring substituents is 1. The number of anilines is 1. The van der Waals surface area contributed by atoms with Crippen LogP contribution in [0.3, 0.4) is 0 Å². The van der Waals surface area contributed by atoms with E-state index in [9.17, 15) is 28.1 Å². The number of esters is 1. The van der Waals surface area contributed by atoms with E-state index in [2.05, 4.69) is 0 Å². The average Bonchev–Trinajstić information content (AvgIpc) is 3.23. The predicted octanol–water partition coefficient (Wildman–Crippen LogP) is 4.87. The van der Waals surface area contributed by atoms with Gasteiger partial charge >= 0.3 is 5.97 Å². The van der Waals surface area contributed by atoms with Crippen LogP contribution in [0.4, 0.5) is 11.4 Å². The van der Waals surface area contributed by atoms with Gasteiger partial charge in [-0.2, -0.15) is 4.31 Å². The summed E-state index contributed by atoms with van der Waals surface area (Å²) < 4.78 is 44.1. The second-order valence-electron chi connectivity index (χ2n) is 7.99. The maximum atomic E-state index is 13.8. The Bertz CT molecular complexity index is 1640. The summed E-state index contributed by atoms with van der Waals surface area (Å²) in [5, 5.41) is 11.3. The lowest BCUT2D eigenvalue weighted by molar-refractivity contribution is -0.384. The maximum absolute atomic E-state index is 13.8. The first-order chi connectivity index (χ1) is 18.1. The van der Waals surface area contributed by atoms with Gasteiger partial charge in [0, 0.05) is 23.1 Å². The lowest BCUT2D eigenvalue weighted by Gasteiger charge is -2.23. The molecule has 0 bridgehead atoms. The van der Waals surface area contributed by atoms with Crippen LogP contribution in [0.5, 0.6) is 5.75 Å². The first kappa shape index (κ1) is 26.4. The standard InChI is InChI=1S/C26H22N2O9S/c1-4-36-26(30)24-16(2)37-23-14-9-19(15-22(23)24)27(25(29)17-5-7-18(8-6-17)28(31)32)38(33,34)21-12-10-20(35-3)11-13-21/h5-15H,4H2,1-3H3. The topological polar surface area (TPSA) is 146 Å². The van der Waals surface area contributed by atoms with E-state index in [-0.39, 0.29) is 45.2 Å². The zero-order valence-corrected chi connectivity index (χ0v) is 21.4. The van der Waals surface area contributed by atoms with Gasteiger partial charge in [0.1, 0.15) is 22.7 Å². The van der Waals surface area contributed by atoms with E-state index in [1.54, 1.807) is 13.8 Å². The molecule has 0 fully saturated rings. The number of ether oxygens (including phenoxy) is 2. The molecule has 38 heavy (non-hydrogen) atoms. The number of sulfonamides is 1. The molecule has 11 nitrogen and oxygen atoms in total. The molecule has 0 radical (unpaired) electrons. The minimum atomic E-state index is -4.51. The molecule has 1 amide bonds. The molecule has 0 aliphatic rings. The second kappa shape index (κ2) is 10.3. The Kier molecular flexibility index (Phi) is 7.17. The van der Waals surface area contributed by atoms with Gasteiger partial charge in [0.25, 0.3) is 21.6 Å². The molecule has 196 valence electrons. The quantitative estimate of drug-likeness (QED) is 0.174. The number of methoxy groups -OCH3 is 1. The smallest absolute Gasteiger partial charge is 0.342 e. The van der Waals surface area contributed by atoms with Crippen molar-refractivity contribution in [2.75, 3.05) is 18.0 Å². The highest BCUT2D eigenvalue weighted by molar-refractivity contribution is 7.93. The molecular formula is C26H22N2O9S. The summed E-state index contributed by atoms with van der Waals surface area (Å²) in [4.78, 5) is 36.5. The number of carbonyl (C=O) groups excluding carboxylic acids is 2. The van der Waals surface area contributed by atoms with E-state index in [4.69, 9.17) is 13.9 Å². The first-order valence-corrected chi connectivity index (χ1v) is 12.7. The van der Waals surface area contributed by atoms with Crippen molar-refractivity contribution in [2.45, 2.75) is 18.7 Å². The third kappa shape index (κ3) is 4.81. The number of hydrogen-bond donors (Lipinski definition) is 0. The van der Waals surface area contributed by atoms with Crippen molar-refractivity contribution in [1.82, 2.24) is 0 Å². The van der Waals surface area contributed by atoms with Crippen molar-refractivity contribution < 1.29 is 36.8 Å². The van der Waals surface area contributed by atoms with Gasteiger partial charge in [-0.25, -0.2) is 13.2 Å². The molecule has 1 heterocycles. The number of nitrogens with zero attached hydrogens (tertiary/aromatic N) is 2. The number of nitro groups is 1. The molecule has 0 aliphatic carbocycles. The van der Waals surface area contributed by atoms with Gasteiger partial charge in [0.15, 0.2) is 0 Å². The van der Waals surface area contributed by atoms with Gasteiger partial charge in [-0.15, -0.1) is 0 Å². The largest absolute Gasteiger partial charge is 0.497 e. The van der Waals surface area contributed by atoms with Crippen molar-refractivity contribution in [3.8, 4) is 5.75 Å². The van der Waals surface area contributed by atoms with Crippen LogP contribution < -0.4 is 9.04 Å². The van der Waals surface area contributed by atoms with Crippen molar-refractivity contribution in [1.29, 1.82) is 0 Å². The van der Waals surface area contributed by atoms with E-state index < -0.39 is 26.8 Å². The van der Waals surface area contributed by atoms with Crippen LogP contribution in [0.15, 0.2) is 76.0 Å². The van der Waals surface area contributed by atoms with Gasteiger partial charge in [-0.3, -0.25) is 14.9 Å². The van der Waals surface area contributed by atoms with Crippen LogP contribution in [-0.2, 0) is 14.8 Å². The van der Waals surface area contributed by atoms with Crippen LogP contribution in [-0.4, -0.2) is 38.9 Å². The molecule has 0 unspecified atom stereocenters. The summed E-state index contributed by atoms with van der Waals surface area (Å²) in [6.45, 7) is 3.33. The molecule has 4 rings (SSSR count). The fourth-order valence-corrected chi connectivity index (χ4v) is 5.26. The van der Waals surface area contributed by atoms with E-state index >= 15 is 0 Å². The number of furan rings is 1. The van der Waals surface area contributed by atoms with E-state index in [1.165, 1.54) is 61.7 Å². The Balaban J connectivity index is 1.91. The summed E-state index contributed by atoms with van der Waals surface area (Å²) in [7, 11) is -3.08. The van der Waals surface area contributed by atoms with Crippen molar-refractivity contribution >= 4 is 44.2 Å². The van der Waals surface area contributed by atoms with Crippen LogP contribution in [0, 0.1) is 17.0 Å². The molecule has 0 atom stereocenters. The number of aryl methyl sites for hydroxylation is 1. The summed E-state index contributed by atoms with van der Waals surface area (Å²) in [6, 6.07) is 14.1. The maximum Gasteiger partial charge on any atom is 0.342 e. The minimum Gasteiger partial charge on any atom is -0.497 e. The highest BCUT2D eigenvalue weighted by atomic mass is 32.2.